The van der Waals surface area contributed by atoms with Gasteiger partial charge in [-0.3, -0.25) is 0 Å². The van der Waals surface area contributed by atoms with Crippen LogP contribution in [0.2, 0.25) is 0 Å². The van der Waals surface area contributed by atoms with Gasteiger partial charge in [-0.15, -0.1) is 0 Å². The molecule has 0 bridgehead atoms. The van der Waals surface area contributed by atoms with Crippen LogP contribution in [0.1, 0.15) is 37.2 Å². The predicted octanol–water partition coefficient (Wildman–Crippen LogP) is 0.952. The lowest BCUT2D eigenvalue weighted by atomic mass is 9.99. The standard InChI is InChI=1S/C14H23N3O3S/c1-10-14(8-13(9-15)20-10)21(18,19)16-11-4-6-17-5-2-3-12(17)7-11/h8,11-12,16H,2-7,9,15H2,1H3. The number of nitrogens with one attached hydrogen (secondary N) is 1. The van der Waals surface area contributed by atoms with Crippen LogP contribution in [-0.2, 0) is 16.6 Å². The molecule has 118 valence electrons. The van der Waals surface area contributed by atoms with E-state index in [4.69, 9.17) is 10.2 Å². The average molecular weight is 313 g/mol. The van der Waals surface area contributed by atoms with E-state index < -0.39 is 10.0 Å². The van der Waals surface area contributed by atoms with E-state index in [-0.39, 0.29) is 17.5 Å². The van der Waals surface area contributed by atoms with Gasteiger partial charge in [0.1, 0.15) is 16.4 Å². The number of aryl methyl sites for hydroxylation is 1. The monoisotopic (exact) mass is 313 g/mol. The molecular weight excluding hydrogens is 290 g/mol. The van der Waals surface area contributed by atoms with Gasteiger partial charge < -0.3 is 15.1 Å². The van der Waals surface area contributed by atoms with Crippen LogP contribution >= 0.6 is 0 Å². The van der Waals surface area contributed by atoms with Crippen molar-refractivity contribution in [1.29, 1.82) is 0 Å². The highest BCUT2D eigenvalue weighted by atomic mass is 32.2. The Kier molecular flexibility index (Phi) is 4.09. The Hall–Kier alpha value is -0.890. The normalized spacial score (nSPS) is 27.0. The summed E-state index contributed by atoms with van der Waals surface area (Å²) in [5, 5.41) is 0. The van der Waals surface area contributed by atoms with Crippen molar-refractivity contribution in [2.45, 2.75) is 56.1 Å². The van der Waals surface area contributed by atoms with Crippen LogP contribution in [0.15, 0.2) is 15.4 Å². The number of fused-ring (bicyclic) bond motifs is 1. The van der Waals surface area contributed by atoms with Gasteiger partial charge in [-0.2, -0.15) is 0 Å². The third-order valence-corrected chi connectivity index (χ3v) is 6.18. The number of rotatable bonds is 4. The Balaban J connectivity index is 1.72. The van der Waals surface area contributed by atoms with Gasteiger partial charge in [0.25, 0.3) is 0 Å². The maximum Gasteiger partial charge on any atom is 0.244 e. The molecular formula is C14H23N3O3S. The lowest BCUT2D eigenvalue weighted by Gasteiger charge is -2.34. The first-order valence-electron chi connectivity index (χ1n) is 7.55. The first-order valence-corrected chi connectivity index (χ1v) is 9.03. The highest BCUT2D eigenvalue weighted by Crippen LogP contribution is 2.28. The minimum absolute atomic E-state index is 0.0185. The second-order valence-corrected chi connectivity index (χ2v) is 7.69. The lowest BCUT2D eigenvalue weighted by Crippen LogP contribution is -2.47. The fraction of sp³-hybridized carbons (Fsp3) is 0.714. The van der Waals surface area contributed by atoms with Gasteiger partial charge in [0.2, 0.25) is 10.0 Å². The van der Waals surface area contributed by atoms with Crippen molar-refractivity contribution in [3.05, 3.63) is 17.6 Å². The molecule has 1 aromatic heterocycles. The van der Waals surface area contributed by atoms with Crippen molar-refractivity contribution >= 4 is 10.0 Å². The zero-order valence-electron chi connectivity index (χ0n) is 12.3. The van der Waals surface area contributed by atoms with E-state index >= 15 is 0 Å². The molecule has 3 heterocycles. The number of piperidine rings is 1. The number of nitrogens with two attached hydrogens (primary N) is 1. The Morgan fingerprint density at radius 3 is 2.95 bits per heavy atom. The van der Waals surface area contributed by atoms with Crippen LogP contribution in [0.25, 0.3) is 0 Å². The fourth-order valence-corrected chi connectivity index (χ4v) is 4.99. The van der Waals surface area contributed by atoms with E-state index in [1.807, 2.05) is 0 Å². The minimum atomic E-state index is -3.53. The van der Waals surface area contributed by atoms with Crippen molar-refractivity contribution in [3.8, 4) is 0 Å². The van der Waals surface area contributed by atoms with Gasteiger partial charge in [-0.1, -0.05) is 0 Å². The van der Waals surface area contributed by atoms with E-state index in [2.05, 4.69) is 9.62 Å². The Morgan fingerprint density at radius 1 is 1.43 bits per heavy atom. The molecule has 0 radical (unpaired) electrons. The van der Waals surface area contributed by atoms with Crippen molar-refractivity contribution in [1.82, 2.24) is 9.62 Å². The van der Waals surface area contributed by atoms with Gasteiger partial charge in [0, 0.05) is 18.2 Å². The highest BCUT2D eigenvalue weighted by molar-refractivity contribution is 7.89. The quantitative estimate of drug-likeness (QED) is 0.864. The summed E-state index contributed by atoms with van der Waals surface area (Å²) in [6.45, 7) is 4.01. The van der Waals surface area contributed by atoms with Crippen molar-refractivity contribution in [2.75, 3.05) is 13.1 Å². The molecule has 7 heteroatoms. The van der Waals surface area contributed by atoms with E-state index in [9.17, 15) is 8.42 Å². The topological polar surface area (TPSA) is 88.6 Å². The summed E-state index contributed by atoms with van der Waals surface area (Å²) in [7, 11) is -3.53. The Labute approximate surface area is 125 Å². The summed E-state index contributed by atoms with van der Waals surface area (Å²) in [5.41, 5.74) is 5.50. The van der Waals surface area contributed by atoms with Gasteiger partial charge in [-0.25, -0.2) is 13.1 Å². The summed E-state index contributed by atoms with van der Waals surface area (Å²) >= 11 is 0. The first kappa shape index (κ1) is 15.0. The fourth-order valence-electron chi connectivity index (χ4n) is 3.51. The Bertz CT molecular complexity index is 611. The summed E-state index contributed by atoms with van der Waals surface area (Å²) in [4.78, 5) is 2.69. The third kappa shape index (κ3) is 3.01. The molecule has 6 nitrogen and oxygen atoms in total. The SMILES string of the molecule is Cc1oc(CN)cc1S(=O)(=O)NC1CCN2CCCC2C1. The van der Waals surface area contributed by atoms with E-state index in [1.54, 1.807) is 6.92 Å². The molecule has 0 saturated carbocycles. The molecule has 21 heavy (non-hydrogen) atoms. The molecule has 2 unspecified atom stereocenters. The molecule has 1 aromatic rings. The zero-order chi connectivity index (χ0) is 15.0. The molecule has 0 aromatic carbocycles. The molecule has 3 N–H and O–H groups in total. The van der Waals surface area contributed by atoms with Crippen LogP contribution in [-0.4, -0.2) is 38.5 Å². The van der Waals surface area contributed by atoms with Gasteiger partial charge >= 0.3 is 0 Å². The molecule has 2 aliphatic rings. The molecule has 2 aliphatic heterocycles. The first-order chi connectivity index (χ1) is 9.99. The highest BCUT2D eigenvalue weighted by Gasteiger charge is 2.34. The number of sulfonamides is 1. The molecule has 2 atom stereocenters. The molecule has 0 amide bonds. The summed E-state index contributed by atoms with van der Waals surface area (Å²) < 4.78 is 33.2. The number of hydrogen-bond donors (Lipinski definition) is 2. The second-order valence-electron chi connectivity index (χ2n) is 6.01. The van der Waals surface area contributed by atoms with Gasteiger partial charge in [0.05, 0.1) is 6.54 Å². The second kappa shape index (κ2) is 5.72. The summed E-state index contributed by atoms with van der Waals surface area (Å²) in [6, 6.07) is 2.09. The molecule has 0 aliphatic carbocycles. The van der Waals surface area contributed by atoms with Gasteiger partial charge in [0.15, 0.2) is 0 Å². The van der Waals surface area contributed by atoms with Crippen LogP contribution in [0.4, 0.5) is 0 Å². The van der Waals surface area contributed by atoms with Crippen LogP contribution in [0.3, 0.4) is 0 Å². The smallest absolute Gasteiger partial charge is 0.244 e. The van der Waals surface area contributed by atoms with Crippen LogP contribution in [0.5, 0.6) is 0 Å². The number of nitrogens with zero attached hydrogens (tertiary/aromatic N) is 1. The van der Waals surface area contributed by atoms with Crippen molar-refractivity contribution < 1.29 is 12.8 Å². The molecule has 3 rings (SSSR count). The van der Waals surface area contributed by atoms with Crippen molar-refractivity contribution in [2.24, 2.45) is 5.73 Å². The van der Waals surface area contributed by atoms with Crippen LogP contribution < -0.4 is 10.5 Å². The third-order valence-electron chi connectivity index (χ3n) is 4.56. The largest absolute Gasteiger partial charge is 0.464 e. The molecule has 2 saturated heterocycles. The number of furan rings is 1. The molecule has 0 spiro atoms. The summed E-state index contributed by atoms with van der Waals surface area (Å²) in [5.74, 6) is 0.903. The minimum Gasteiger partial charge on any atom is -0.464 e. The Morgan fingerprint density at radius 2 is 2.24 bits per heavy atom. The zero-order valence-corrected chi connectivity index (χ0v) is 13.2. The van der Waals surface area contributed by atoms with E-state index in [0.29, 0.717) is 17.6 Å². The maximum atomic E-state index is 12.5. The van der Waals surface area contributed by atoms with E-state index in [0.717, 1.165) is 25.9 Å². The summed E-state index contributed by atoms with van der Waals surface area (Å²) in [6.07, 6.45) is 4.18. The van der Waals surface area contributed by atoms with E-state index in [1.165, 1.54) is 18.9 Å². The maximum absolute atomic E-state index is 12.5. The number of hydrogen-bond acceptors (Lipinski definition) is 5. The van der Waals surface area contributed by atoms with Crippen LogP contribution in [0, 0.1) is 6.92 Å². The van der Waals surface area contributed by atoms with Gasteiger partial charge in [-0.05, 0) is 45.7 Å². The lowest BCUT2D eigenvalue weighted by molar-refractivity contribution is 0.176. The average Bonchev–Trinajstić information content (AvgIpc) is 3.04. The predicted molar refractivity (Wildman–Crippen MR) is 79.3 cm³/mol. The van der Waals surface area contributed by atoms with Crippen molar-refractivity contribution in [3.63, 3.8) is 0 Å². The molecule has 2 fully saturated rings.